The van der Waals surface area contributed by atoms with Crippen molar-refractivity contribution in [1.82, 2.24) is 4.90 Å². The van der Waals surface area contributed by atoms with Crippen LogP contribution in [0.25, 0.3) is 0 Å². The van der Waals surface area contributed by atoms with Crippen LogP contribution in [0.3, 0.4) is 0 Å². The average molecular weight is 209 g/mol. The van der Waals surface area contributed by atoms with E-state index in [-0.39, 0.29) is 10.7 Å². The molecule has 0 heterocycles. The molecule has 1 aromatic rings. The van der Waals surface area contributed by atoms with Gasteiger partial charge in [-0.15, -0.1) is 0 Å². The summed E-state index contributed by atoms with van der Waals surface area (Å²) >= 11 is 0.946. The monoisotopic (exact) mass is 209 g/mol. The summed E-state index contributed by atoms with van der Waals surface area (Å²) in [4.78, 5) is 24.6. The summed E-state index contributed by atoms with van der Waals surface area (Å²) in [7, 11) is 3.31. The fourth-order valence-electron chi connectivity index (χ4n) is 0.784. The van der Waals surface area contributed by atoms with E-state index in [2.05, 4.69) is 0 Å². The first-order valence-corrected chi connectivity index (χ1v) is 4.91. The minimum absolute atomic E-state index is 0.129. The topological polar surface area (TPSA) is 37.4 Å². The van der Waals surface area contributed by atoms with Crippen LogP contribution in [0.2, 0.25) is 0 Å². The summed E-state index contributed by atoms with van der Waals surface area (Å²) in [6.07, 6.45) is 0. The van der Waals surface area contributed by atoms with Gasteiger partial charge in [0.1, 0.15) is 0 Å². The van der Waals surface area contributed by atoms with E-state index in [4.69, 9.17) is 0 Å². The van der Waals surface area contributed by atoms with Crippen LogP contribution in [0, 0.1) is 0 Å². The molecule has 4 heteroatoms. The second kappa shape index (κ2) is 4.81. The second-order valence-electron chi connectivity index (χ2n) is 2.90. The number of carbonyl (C=O) groups is 1. The van der Waals surface area contributed by atoms with Gasteiger partial charge in [0, 0.05) is 14.1 Å². The Bertz CT molecular complexity index is 390. The Morgan fingerprint density at radius 1 is 1.21 bits per heavy atom. The summed E-state index contributed by atoms with van der Waals surface area (Å²) in [6, 6.07) is 8.25. The lowest BCUT2D eigenvalue weighted by Gasteiger charge is -2.07. The molecular formula is C10H11NO2S. The van der Waals surface area contributed by atoms with Gasteiger partial charge in [-0.2, -0.15) is 0 Å². The third-order valence-electron chi connectivity index (χ3n) is 1.52. The van der Waals surface area contributed by atoms with Crippen LogP contribution in [0.5, 0.6) is 0 Å². The fourth-order valence-corrected chi connectivity index (χ4v) is 1.47. The predicted octanol–water partition coefficient (Wildman–Crippen LogP) is 1.82. The smallest absolute Gasteiger partial charge is 0.286 e. The Kier molecular flexibility index (Phi) is 3.71. The maximum Gasteiger partial charge on any atom is 0.286 e. The van der Waals surface area contributed by atoms with E-state index in [1.807, 2.05) is 0 Å². The normalized spacial score (nSPS) is 9.57. The van der Waals surface area contributed by atoms with Crippen molar-refractivity contribution >= 4 is 17.0 Å². The minimum atomic E-state index is -0.145. The van der Waals surface area contributed by atoms with Gasteiger partial charge in [0.2, 0.25) is 0 Å². The van der Waals surface area contributed by atoms with E-state index in [0.29, 0.717) is 4.90 Å². The largest absolute Gasteiger partial charge is 0.339 e. The van der Waals surface area contributed by atoms with Crippen LogP contribution in [0.1, 0.15) is 0 Å². The Labute approximate surface area is 86.7 Å². The van der Waals surface area contributed by atoms with Crippen molar-refractivity contribution in [2.45, 2.75) is 4.90 Å². The summed E-state index contributed by atoms with van der Waals surface area (Å²) in [6.45, 7) is 0. The number of carbonyl (C=O) groups excluding carboxylic acids is 1. The van der Waals surface area contributed by atoms with Crippen molar-refractivity contribution < 1.29 is 4.79 Å². The molecule has 0 aliphatic heterocycles. The summed E-state index contributed by atoms with van der Waals surface area (Å²) < 4.78 is 0. The maximum absolute atomic E-state index is 11.4. The zero-order chi connectivity index (χ0) is 10.6. The average Bonchev–Trinajstić information content (AvgIpc) is 2.32. The fraction of sp³-hybridized carbons (Fsp3) is 0.200. The van der Waals surface area contributed by atoms with Crippen LogP contribution in [0.4, 0.5) is 4.79 Å². The van der Waals surface area contributed by atoms with Gasteiger partial charge in [-0.1, -0.05) is 18.2 Å². The molecular weight excluding hydrogens is 198 g/mol. The van der Waals surface area contributed by atoms with Gasteiger partial charge in [0.25, 0.3) is 5.24 Å². The first kappa shape index (κ1) is 10.8. The summed E-state index contributed by atoms with van der Waals surface area (Å²) in [5, 5.41) is -0.145. The molecule has 0 bridgehead atoms. The zero-order valence-corrected chi connectivity index (χ0v) is 8.88. The van der Waals surface area contributed by atoms with Gasteiger partial charge < -0.3 is 4.90 Å². The van der Waals surface area contributed by atoms with E-state index < -0.39 is 0 Å². The third kappa shape index (κ3) is 2.88. The van der Waals surface area contributed by atoms with E-state index >= 15 is 0 Å². The Balaban J connectivity index is 2.94. The molecule has 74 valence electrons. The van der Waals surface area contributed by atoms with Gasteiger partial charge >= 0.3 is 0 Å². The Hall–Kier alpha value is -1.29. The molecule has 0 spiro atoms. The molecule has 0 fully saturated rings. The number of amides is 1. The lowest BCUT2D eigenvalue weighted by atomic mass is 10.5. The summed E-state index contributed by atoms with van der Waals surface area (Å²) in [5.74, 6) is 0. The highest BCUT2D eigenvalue weighted by molar-refractivity contribution is 8.13. The molecule has 0 N–H and O–H groups in total. The number of hydrogen-bond acceptors (Lipinski definition) is 3. The molecule has 0 saturated carbocycles. The lowest BCUT2D eigenvalue weighted by molar-refractivity contribution is 0.241. The van der Waals surface area contributed by atoms with Gasteiger partial charge in [0.15, 0.2) is 5.43 Å². The molecule has 0 unspecified atom stereocenters. The van der Waals surface area contributed by atoms with Crippen LogP contribution < -0.4 is 5.43 Å². The highest BCUT2D eigenvalue weighted by Gasteiger charge is 2.07. The van der Waals surface area contributed by atoms with Crippen molar-refractivity contribution in [3.63, 3.8) is 0 Å². The van der Waals surface area contributed by atoms with Crippen LogP contribution in [-0.4, -0.2) is 24.2 Å². The molecule has 0 aliphatic rings. The number of rotatable bonds is 1. The molecule has 0 saturated heterocycles. The molecule has 1 amide bonds. The van der Waals surface area contributed by atoms with Crippen LogP contribution >= 0.6 is 11.8 Å². The van der Waals surface area contributed by atoms with Crippen molar-refractivity contribution in [3.05, 3.63) is 40.6 Å². The van der Waals surface area contributed by atoms with Crippen LogP contribution in [-0.2, 0) is 0 Å². The predicted molar refractivity (Wildman–Crippen MR) is 57.7 cm³/mol. The zero-order valence-electron chi connectivity index (χ0n) is 8.06. The molecule has 0 radical (unpaired) electrons. The van der Waals surface area contributed by atoms with Crippen molar-refractivity contribution in [2.75, 3.05) is 14.1 Å². The maximum atomic E-state index is 11.4. The van der Waals surface area contributed by atoms with Gasteiger partial charge in [-0.25, -0.2) is 0 Å². The lowest BCUT2D eigenvalue weighted by Crippen LogP contribution is -2.17. The number of thioether (sulfide) groups is 1. The molecule has 3 nitrogen and oxygen atoms in total. The molecule has 0 aromatic heterocycles. The summed E-state index contributed by atoms with van der Waals surface area (Å²) in [5.41, 5.74) is -0.129. The van der Waals surface area contributed by atoms with Crippen LogP contribution in [0.15, 0.2) is 40.0 Å². The Morgan fingerprint density at radius 3 is 2.50 bits per heavy atom. The van der Waals surface area contributed by atoms with E-state index in [1.54, 1.807) is 38.4 Å². The number of nitrogens with zero attached hydrogens (tertiary/aromatic N) is 1. The van der Waals surface area contributed by atoms with E-state index in [9.17, 15) is 9.59 Å². The first-order chi connectivity index (χ1) is 6.61. The first-order valence-electron chi connectivity index (χ1n) is 4.10. The van der Waals surface area contributed by atoms with E-state index in [0.717, 1.165) is 11.8 Å². The molecule has 14 heavy (non-hydrogen) atoms. The van der Waals surface area contributed by atoms with Gasteiger partial charge in [-0.3, -0.25) is 9.59 Å². The quantitative estimate of drug-likeness (QED) is 0.662. The molecule has 1 rings (SSSR count). The number of hydrogen-bond donors (Lipinski definition) is 0. The standard InChI is InChI=1S/C10H11NO2S/c1-11(2)10(13)14-9-7-5-3-4-6-8(9)12/h3-7H,1-2H3. The minimum Gasteiger partial charge on any atom is -0.339 e. The van der Waals surface area contributed by atoms with E-state index in [1.165, 1.54) is 11.0 Å². The van der Waals surface area contributed by atoms with Crippen molar-refractivity contribution in [3.8, 4) is 0 Å². The highest BCUT2D eigenvalue weighted by Crippen LogP contribution is 2.15. The Morgan fingerprint density at radius 2 is 1.86 bits per heavy atom. The highest BCUT2D eigenvalue weighted by atomic mass is 32.2. The SMILES string of the molecule is CN(C)C(=O)Sc1cccccc1=O. The molecule has 0 aliphatic carbocycles. The molecule has 1 aromatic carbocycles. The van der Waals surface area contributed by atoms with Crippen molar-refractivity contribution in [2.24, 2.45) is 0 Å². The van der Waals surface area contributed by atoms with Gasteiger partial charge in [0.05, 0.1) is 4.90 Å². The molecule has 0 atom stereocenters. The second-order valence-corrected chi connectivity index (χ2v) is 3.89. The third-order valence-corrected chi connectivity index (χ3v) is 2.62. The van der Waals surface area contributed by atoms with Crippen molar-refractivity contribution in [1.29, 1.82) is 0 Å². The van der Waals surface area contributed by atoms with Gasteiger partial charge in [-0.05, 0) is 23.9 Å².